The van der Waals surface area contributed by atoms with Crippen LogP contribution in [0.2, 0.25) is 0 Å². The summed E-state index contributed by atoms with van der Waals surface area (Å²) in [6.07, 6.45) is 3.46. The molecule has 120 valence electrons. The van der Waals surface area contributed by atoms with Crippen LogP contribution in [0, 0.1) is 6.92 Å². The molecular weight excluding hydrogens is 312 g/mol. The van der Waals surface area contributed by atoms with E-state index in [0.717, 1.165) is 33.3 Å². The van der Waals surface area contributed by atoms with Crippen LogP contribution in [0.4, 0.5) is 0 Å². The summed E-state index contributed by atoms with van der Waals surface area (Å²) in [6.45, 7) is 2.04. The van der Waals surface area contributed by atoms with Crippen molar-refractivity contribution < 1.29 is 4.42 Å². The van der Waals surface area contributed by atoms with Crippen LogP contribution in [0.1, 0.15) is 5.56 Å². The third-order valence-corrected chi connectivity index (χ3v) is 4.23. The molecule has 5 aromatic rings. The molecule has 0 aliphatic heterocycles. The van der Waals surface area contributed by atoms with Gasteiger partial charge in [0.1, 0.15) is 11.2 Å². The molecule has 0 bridgehead atoms. The number of rotatable bonds is 2. The summed E-state index contributed by atoms with van der Waals surface area (Å²) in [4.78, 5) is 13.5. The third-order valence-electron chi connectivity index (χ3n) is 4.23. The van der Waals surface area contributed by atoms with Crippen LogP contribution in [0.25, 0.3) is 39.5 Å². The zero-order chi connectivity index (χ0) is 16.8. The van der Waals surface area contributed by atoms with Crippen molar-refractivity contribution in [3.8, 4) is 17.5 Å². The Morgan fingerprint density at radius 3 is 2.64 bits per heavy atom. The normalized spacial score (nSPS) is 11.4. The predicted octanol–water partition coefficient (Wildman–Crippen LogP) is 4.54. The maximum Gasteiger partial charge on any atom is 0.244 e. The number of oxazole rings is 1. The largest absolute Gasteiger partial charge is 0.435 e. The molecule has 0 radical (unpaired) electrons. The predicted molar refractivity (Wildman–Crippen MR) is 96.6 cm³/mol. The Balaban J connectivity index is 1.83. The Hall–Kier alpha value is -3.47. The average Bonchev–Trinajstić information content (AvgIpc) is 3.23. The van der Waals surface area contributed by atoms with Gasteiger partial charge in [-0.05, 0) is 42.8 Å². The van der Waals surface area contributed by atoms with Crippen molar-refractivity contribution >= 4 is 22.0 Å². The van der Waals surface area contributed by atoms with Crippen LogP contribution >= 0.6 is 0 Å². The van der Waals surface area contributed by atoms with Gasteiger partial charge in [-0.1, -0.05) is 24.3 Å². The number of hydrogen-bond acceptors (Lipinski definition) is 4. The van der Waals surface area contributed by atoms with Gasteiger partial charge >= 0.3 is 0 Å². The number of aryl methyl sites for hydroxylation is 1. The van der Waals surface area contributed by atoms with E-state index in [4.69, 9.17) is 4.42 Å². The highest BCUT2D eigenvalue weighted by atomic mass is 16.3. The summed E-state index contributed by atoms with van der Waals surface area (Å²) in [5.74, 6) is 1.15. The summed E-state index contributed by atoms with van der Waals surface area (Å²) in [6, 6.07) is 18.0. The summed E-state index contributed by atoms with van der Waals surface area (Å²) in [5.41, 5.74) is 4.61. The maximum absolute atomic E-state index is 6.04. The van der Waals surface area contributed by atoms with Gasteiger partial charge < -0.3 is 4.42 Å². The number of hydrogen-bond donors (Lipinski definition) is 0. The first-order valence-electron chi connectivity index (χ1n) is 8.05. The third kappa shape index (κ3) is 2.21. The standard InChI is InChI=1S/C20H14N4O/c1-13-7-8-15-18(11-13)25-19(23-15)17-12-14-5-2-3-6-16(14)24(17)20-21-9-4-10-22-20/h2-12H,1H3. The molecule has 0 saturated carbocycles. The zero-order valence-corrected chi connectivity index (χ0v) is 13.5. The Bertz CT molecular complexity index is 1200. The zero-order valence-electron chi connectivity index (χ0n) is 13.5. The molecule has 3 aromatic heterocycles. The molecule has 0 saturated heterocycles. The van der Waals surface area contributed by atoms with Gasteiger partial charge in [-0.2, -0.15) is 0 Å². The lowest BCUT2D eigenvalue weighted by molar-refractivity contribution is 0.614. The Kier molecular flexibility index (Phi) is 2.94. The monoisotopic (exact) mass is 326 g/mol. The number of nitrogens with zero attached hydrogens (tertiary/aromatic N) is 4. The highest BCUT2D eigenvalue weighted by Gasteiger charge is 2.18. The minimum Gasteiger partial charge on any atom is -0.435 e. The van der Waals surface area contributed by atoms with Gasteiger partial charge in [0.25, 0.3) is 0 Å². The first-order chi connectivity index (χ1) is 12.3. The lowest BCUT2D eigenvalue weighted by Crippen LogP contribution is -2.01. The molecule has 2 aromatic carbocycles. The number of aromatic nitrogens is 4. The summed E-state index contributed by atoms with van der Waals surface area (Å²) >= 11 is 0. The topological polar surface area (TPSA) is 56.7 Å². The molecule has 0 aliphatic rings. The van der Waals surface area contributed by atoms with Crippen molar-refractivity contribution in [2.24, 2.45) is 0 Å². The van der Waals surface area contributed by atoms with E-state index in [1.54, 1.807) is 18.5 Å². The molecule has 25 heavy (non-hydrogen) atoms. The van der Waals surface area contributed by atoms with Gasteiger partial charge in [0.15, 0.2) is 5.58 Å². The van der Waals surface area contributed by atoms with Gasteiger partial charge in [-0.15, -0.1) is 0 Å². The van der Waals surface area contributed by atoms with Crippen molar-refractivity contribution in [2.75, 3.05) is 0 Å². The molecule has 0 spiro atoms. The molecule has 0 unspecified atom stereocenters. The minimum absolute atomic E-state index is 0.559. The molecule has 0 fully saturated rings. The van der Waals surface area contributed by atoms with Crippen molar-refractivity contribution in [1.82, 2.24) is 19.5 Å². The minimum atomic E-state index is 0.559. The second-order valence-electron chi connectivity index (χ2n) is 5.96. The Morgan fingerprint density at radius 2 is 1.76 bits per heavy atom. The molecule has 5 nitrogen and oxygen atoms in total. The van der Waals surface area contributed by atoms with Gasteiger partial charge in [0, 0.05) is 17.8 Å². The first kappa shape index (κ1) is 13.9. The molecule has 5 heteroatoms. The van der Waals surface area contributed by atoms with Gasteiger partial charge in [-0.25, -0.2) is 15.0 Å². The van der Waals surface area contributed by atoms with Crippen LogP contribution in [0.3, 0.4) is 0 Å². The highest BCUT2D eigenvalue weighted by molar-refractivity contribution is 5.88. The molecule has 0 atom stereocenters. The molecule has 5 rings (SSSR count). The van der Waals surface area contributed by atoms with Gasteiger partial charge in [0.2, 0.25) is 11.8 Å². The fourth-order valence-corrected chi connectivity index (χ4v) is 3.08. The second-order valence-corrected chi connectivity index (χ2v) is 5.96. The van der Waals surface area contributed by atoms with Gasteiger partial charge in [-0.3, -0.25) is 4.57 Å². The van der Waals surface area contributed by atoms with Crippen molar-refractivity contribution in [1.29, 1.82) is 0 Å². The fourth-order valence-electron chi connectivity index (χ4n) is 3.08. The van der Waals surface area contributed by atoms with E-state index in [1.165, 1.54) is 0 Å². The smallest absolute Gasteiger partial charge is 0.244 e. The van der Waals surface area contributed by atoms with Crippen LogP contribution in [-0.4, -0.2) is 19.5 Å². The van der Waals surface area contributed by atoms with Crippen LogP contribution in [0.5, 0.6) is 0 Å². The Labute approximate surface area is 143 Å². The van der Waals surface area contributed by atoms with E-state index >= 15 is 0 Å². The van der Waals surface area contributed by atoms with E-state index in [0.29, 0.717) is 11.8 Å². The van der Waals surface area contributed by atoms with Crippen molar-refractivity contribution in [2.45, 2.75) is 6.92 Å². The quantitative estimate of drug-likeness (QED) is 0.478. The van der Waals surface area contributed by atoms with E-state index in [-0.39, 0.29) is 0 Å². The van der Waals surface area contributed by atoms with E-state index < -0.39 is 0 Å². The fraction of sp³-hybridized carbons (Fsp3) is 0.0500. The van der Waals surface area contributed by atoms with Crippen molar-refractivity contribution in [3.63, 3.8) is 0 Å². The van der Waals surface area contributed by atoms with E-state index in [9.17, 15) is 0 Å². The second kappa shape index (κ2) is 5.27. The van der Waals surface area contributed by atoms with Crippen LogP contribution in [0.15, 0.2) is 71.4 Å². The highest BCUT2D eigenvalue weighted by Crippen LogP contribution is 2.31. The molecule has 0 amide bonds. The van der Waals surface area contributed by atoms with Crippen LogP contribution in [-0.2, 0) is 0 Å². The number of para-hydroxylation sites is 1. The summed E-state index contributed by atoms with van der Waals surface area (Å²) in [7, 11) is 0. The summed E-state index contributed by atoms with van der Waals surface area (Å²) in [5, 5.41) is 1.09. The molecule has 0 N–H and O–H groups in total. The van der Waals surface area contributed by atoms with E-state index in [1.807, 2.05) is 47.9 Å². The molecular formula is C20H14N4O. The lowest BCUT2D eigenvalue weighted by atomic mass is 10.2. The first-order valence-corrected chi connectivity index (χ1v) is 8.05. The summed E-state index contributed by atoms with van der Waals surface area (Å²) < 4.78 is 8.02. The van der Waals surface area contributed by atoms with Crippen LogP contribution < -0.4 is 0 Å². The maximum atomic E-state index is 6.04. The average molecular weight is 326 g/mol. The van der Waals surface area contributed by atoms with Gasteiger partial charge in [0.05, 0.1) is 5.52 Å². The van der Waals surface area contributed by atoms with E-state index in [2.05, 4.69) is 27.1 Å². The molecule has 3 heterocycles. The number of benzene rings is 2. The molecule has 0 aliphatic carbocycles. The Morgan fingerprint density at radius 1 is 0.920 bits per heavy atom. The lowest BCUT2D eigenvalue weighted by Gasteiger charge is -2.06. The SMILES string of the molecule is Cc1ccc2nc(-c3cc4ccccc4n3-c3ncccn3)oc2c1. The van der Waals surface area contributed by atoms with Crippen molar-refractivity contribution in [3.05, 3.63) is 72.6 Å². The number of fused-ring (bicyclic) bond motifs is 2.